The van der Waals surface area contributed by atoms with Gasteiger partial charge in [-0.15, -0.1) is 0 Å². The quantitative estimate of drug-likeness (QED) is 0.764. The molecule has 1 N–H and O–H groups in total. The first-order valence-electron chi connectivity index (χ1n) is 4.63. The summed E-state index contributed by atoms with van der Waals surface area (Å²) in [5.74, 6) is 1.41. The molecule has 2 heterocycles. The second-order valence-corrected chi connectivity index (χ2v) is 3.57. The van der Waals surface area contributed by atoms with E-state index in [0.29, 0.717) is 11.0 Å². The lowest BCUT2D eigenvalue weighted by Crippen LogP contribution is -2.05. The summed E-state index contributed by atoms with van der Waals surface area (Å²) in [7, 11) is 1.80. The molecule has 1 atom stereocenters. The number of nitrogens with one attached hydrogen (secondary N) is 1. The van der Waals surface area contributed by atoms with E-state index in [2.05, 4.69) is 15.3 Å². The van der Waals surface area contributed by atoms with Crippen LogP contribution in [-0.2, 0) is 4.74 Å². The van der Waals surface area contributed by atoms with Crippen molar-refractivity contribution >= 4 is 17.4 Å². The number of rotatable bonds is 2. The van der Waals surface area contributed by atoms with Crippen molar-refractivity contribution in [1.29, 1.82) is 0 Å². The van der Waals surface area contributed by atoms with E-state index in [1.54, 1.807) is 13.1 Å². The van der Waals surface area contributed by atoms with Crippen molar-refractivity contribution in [1.82, 2.24) is 9.97 Å². The summed E-state index contributed by atoms with van der Waals surface area (Å²) in [4.78, 5) is 8.46. The van der Waals surface area contributed by atoms with Gasteiger partial charge in [-0.2, -0.15) is 0 Å². The van der Waals surface area contributed by atoms with Gasteiger partial charge in [0.15, 0.2) is 5.82 Å². The lowest BCUT2D eigenvalue weighted by atomic mass is 10.2. The van der Waals surface area contributed by atoms with Crippen molar-refractivity contribution in [2.24, 2.45) is 0 Å². The summed E-state index contributed by atoms with van der Waals surface area (Å²) >= 11 is 5.86. The Morgan fingerprint density at radius 1 is 1.57 bits per heavy atom. The molecular weight excluding hydrogens is 202 g/mol. The largest absolute Gasteiger partial charge is 0.373 e. The summed E-state index contributed by atoms with van der Waals surface area (Å²) in [6, 6.07) is 1.69. The van der Waals surface area contributed by atoms with Gasteiger partial charge < -0.3 is 10.1 Å². The molecule has 4 nitrogen and oxygen atoms in total. The molecule has 14 heavy (non-hydrogen) atoms. The van der Waals surface area contributed by atoms with Crippen LogP contribution in [0.25, 0.3) is 0 Å². The van der Waals surface area contributed by atoms with Crippen LogP contribution in [0.4, 0.5) is 5.82 Å². The van der Waals surface area contributed by atoms with E-state index in [1.807, 2.05) is 0 Å². The maximum atomic E-state index is 5.86. The highest BCUT2D eigenvalue weighted by atomic mass is 35.5. The molecule has 2 rings (SSSR count). The second-order valence-electron chi connectivity index (χ2n) is 3.19. The van der Waals surface area contributed by atoms with Gasteiger partial charge >= 0.3 is 0 Å². The van der Waals surface area contributed by atoms with Gasteiger partial charge in [-0.05, 0) is 12.8 Å². The van der Waals surface area contributed by atoms with Crippen molar-refractivity contribution in [3.05, 3.63) is 17.0 Å². The minimum Gasteiger partial charge on any atom is -0.373 e. The van der Waals surface area contributed by atoms with Crippen LogP contribution in [0.15, 0.2) is 6.07 Å². The van der Waals surface area contributed by atoms with Gasteiger partial charge in [-0.3, -0.25) is 0 Å². The lowest BCUT2D eigenvalue weighted by molar-refractivity contribution is 0.105. The second kappa shape index (κ2) is 4.11. The van der Waals surface area contributed by atoms with E-state index >= 15 is 0 Å². The fraction of sp³-hybridized carbons (Fsp3) is 0.556. The Morgan fingerprint density at radius 3 is 3.07 bits per heavy atom. The van der Waals surface area contributed by atoms with Crippen molar-refractivity contribution < 1.29 is 4.74 Å². The Kier molecular flexibility index (Phi) is 2.84. The van der Waals surface area contributed by atoms with E-state index in [4.69, 9.17) is 16.3 Å². The predicted molar refractivity (Wildman–Crippen MR) is 54.5 cm³/mol. The van der Waals surface area contributed by atoms with Crippen LogP contribution in [0.1, 0.15) is 24.8 Å². The fourth-order valence-electron chi connectivity index (χ4n) is 1.49. The zero-order valence-electron chi connectivity index (χ0n) is 7.96. The smallest absolute Gasteiger partial charge is 0.161 e. The summed E-state index contributed by atoms with van der Waals surface area (Å²) < 4.78 is 5.48. The van der Waals surface area contributed by atoms with Crippen LogP contribution in [0, 0.1) is 0 Å². The van der Waals surface area contributed by atoms with Crippen LogP contribution >= 0.6 is 11.6 Å². The first-order valence-corrected chi connectivity index (χ1v) is 5.01. The van der Waals surface area contributed by atoms with E-state index < -0.39 is 0 Å². The Labute approximate surface area is 87.7 Å². The van der Waals surface area contributed by atoms with Gasteiger partial charge in [0.25, 0.3) is 0 Å². The number of aromatic nitrogens is 2. The van der Waals surface area contributed by atoms with Gasteiger partial charge in [0.1, 0.15) is 17.1 Å². The molecule has 0 amide bonds. The van der Waals surface area contributed by atoms with Crippen molar-refractivity contribution in [2.45, 2.75) is 18.9 Å². The minimum atomic E-state index is 0.0146. The number of hydrogen-bond acceptors (Lipinski definition) is 4. The van der Waals surface area contributed by atoms with Gasteiger partial charge in [-0.1, -0.05) is 11.6 Å². The van der Waals surface area contributed by atoms with Crippen molar-refractivity contribution in [2.75, 3.05) is 19.0 Å². The standard InChI is InChI=1S/C9H12ClN3O/c1-11-8-5-7(10)12-9(13-8)6-3-2-4-14-6/h5-6H,2-4H2,1H3,(H,11,12,13). The minimum absolute atomic E-state index is 0.0146. The predicted octanol–water partition coefficient (Wildman–Crippen LogP) is 2.02. The normalized spacial score (nSPS) is 21.1. The van der Waals surface area contributed by atoms with Gasteiger partial charge in [0.05, 0.1) is 0 Å². The van der Waals surface area contributed by atoms with E-state index in [0.717, 1.165) is 25.3 Å². The zero-order valence-corrected chi connectivity index (χ0v) is 8.71. The van der Waals surface area contributed by atoms with Crippen LogP contribution in [0.3, 0.4) is 0 Å². The highest BCUT2D eigenvalue weighted by Gasteiger charge is 2.21. The highest BCUT2D eigenvalue weighted by Crippen LogP contribution is 2.27. The molecule has 1 aromatic heterocycles. The summed E-state index contributed by atoms with van der Waals surface area (Å²) in [5.41, 5.74) is 0. The molecule has 0 aliphatic carbocycles. The number of ether oxygens (including phenoxy) is 1. The maximum absolute atomic E-state index is 5.86. The van der Waals surface area contributed by atoms with E-state index in [-0.39, 0.29) is 6.10 Å². The fourth-order valence-corrected chi connectivity index (χ4v) is 1.68. The molecule has 0 spiro atoms. The summed E-state index contributed by atoms with van der Waals surface area (Å²) in [6.45, 7) is 0.787. The molecule has 0 radical (unpaired) electrons. The zero-order chi connectivity index (χ0) is 9.97. The summed E-state index contributed by atoms with van der Waals surface area (Å²) in [5, 5.41) is 3.39. The first kappa shape index (κ1) is 9.68. The lowest BCUT2D eigenvalue weighted by Gasteiger charge is -2.09. The van der Waals surface area contributed by atoms with Crippen LogP contribution in [0.5, 0.6) is 0 Å². The molecule has 1 aromatic rings. The van der Waals surface area contributed by atoms with Crippen LogP contribution in [-0.4, -0.2) is 23.6 Å². The monoisotopic (exact) mass is 213 g/mol. The van der Waals surface area contributed by atoms with Crippen molar-refractivity contribution in [3.8, 4) is 0 Å². The number of anilines is 1. The maximum Gasteiger partial charge on any atom is 0.161 e. The average Bonchev–Trinajstić information content (AvgIpc) is 2.69. The number of nitrogens with zero attached hydrogens (tertiary/aromatic N) is 2. The molecule has 1 saturated heterocycles. The third-order valence-electron chi connectivity index (χ3n) is 2.19. The van der Waals surface area contributed by atoms with Crippen LogP contribution < -0.4 is 5.32 Å². The third-order valence-corrected chi connectivity index (χ3v) is 2.38. The molecule has 0 saturated carbocycles. The Bertz CT molecular complexity index is 326. The molecule has 0 bridgehead atoms. The molecule has 1 fully saturated rings. The van der Waals surface area contributed by atoms with Gasteiger partial charge in [-0.25, -0.2) is 9.97 Å². The molecule has 0 aromatic carbocycles. The molecular formula is C9H12ClN3O. The molecule has 76 valence electrons. The average molecular weight is 214 g/mol. The topological polar surface area (TPSA) is 47.0 Å². The van der Waals surface area contributed by atoms with Gasteiger partial charge in [0.2, 0.25) is 0 Å². The molecule has 1 unspecified atom stereocenters. The number of halogens is 1. The Balaban J connectivity index is 2.27. The van der Waals surface area contributed by atoms with Crippen molar-refractivity contribution in [3.63, 3.8) is 0 Å². The highest BCUT2D eigenvalue weighted by molar-refractivity contribution is 6.29. The SMILES string of the molecule is CNc1cc(Cl)nc(C2CCCO2)n1. The van der Waals surface area contributed by atoms with Crippen LogP contribution in [0.2, 0.25) is 5.15 Å². The number of hydrogen-bond donors (Lipinski definition) is 1. The third kappa shape index (κ3) is 1.96. The van der Waals surface area contributed by atoms with E-state index in [9.17, 15) is 0 Å². The van der Waals surface area contributed by atoms with Gasteiger partial charge in [0, 0.05) is 19.7 Å². The molecule has 5 heteroatoms. The Morgan fingerprint density at radius 2 is 2.43 bits per heavy atom. The molecule has 1 aliphatic heterocycles. The first-order chi connectivity index (χ1) is 6.79. The summed E-state index contributed by atoms with van der Waals surface area (Å²) in [6.07, 6.45) is 2.06. The van der Waals surface area contributed by atoms with E-state index in [1.165, 1.54) is 0 Å². The Hall–Kier alpha value is -0.870. The molecule has 1 aliphatic rings.